The van der Waals surface area contributed by atoms with E-state index in [1.807, 2.05) is 42.5 Å². The van der Waals surface area contributed by atoms with Crippen molar-refractivity contribution in [2.24, 2.45) is 0 Å². The molecule has 21 heavy (non-hydrogen) atoms. The third kappa shape index (κ3) is 3.15. The SMILES string of the molecule is COc1ccc(/C(=C/C#N)c2cccc(N)c2)cc1OC. The van der Waals surface area contributed by atoms with Crippen molar-refractivity contribution in [3.05, 3.63) is 59.7 Å². The molecule has 0 radical (unpaired) electrons. The second kappa shape index (κ2) is 6.49. The van der Waals surface area contributed by atoms with E-state index in [1.54, 1.807) is 14.2 Å². The molecule has 0 aliphatic carbocycles. The number of allylic oxidation sites excluding steroid dienone is 1. The van der Waals surface area contributed by atoms with Gasteiger partial charge in [0.1, 0.15) is 0 Å². The molecule has 106 valence electrons. The third-order valence-electron chi connectivity index (χ3n) is 3.10. The van der Waals surface area contributed by atoms with Crippen LogP contribution in [-0.2, 0) is 0 Å². The van der Waals surface area contributed by atoms with Gasteiger partial charge in [-0.2, -0.15) is 5.26 Å². The highest BCUT2D eigenvalue weighted by atomic mass is 16.5. The zero-order valence-corrected chi connectivity index (χ0v) is 12.0. The van der Waals surface area contributed by atoms with Crippen LogP contribution in [0.1, 0.15) is 11.1 Å². The molecule has 0 bridgehead atoms. The van der Waals surface area contributed by atoms with Gasteiger partial charge in [0.2, 0.25) is 0 Å². The maximum absolute atomic E-state index is 9.04. The molecule has 2 aromatic carbocycles. The van der Waals surface area contributed by atoms with Gasteiger partial charge in [0.15, 0.2) is 11.5 Å². The summed E-state index contributed by atoms with van der Waals surface area (Å²) in [4.78, 5) is 0. The Bertz CT molecular complexity index is 715. The fraction of sp³-hybridized carbons (Fsp3) is 0.118. The number of rotatable bonds is 4. The highest BCUT2D eigenvalue weighted by Crippen LogP contribution is 2.33. The summed E-state index contributed by atoms with van der Waals surface area (Å²) in [7, 11) is 3.16. The minimum atomic E-state index is 0.614. The summed E-state index contributed by atoms with van der Waals surface area (Å²) in [6, 6.07) is 15.0. The molecule has 0 saturated heterocycles. The minimum absolute atomic E-state index is 0.614. The molecule has 2 rings (SSSR count). The number of nitriles is 1. The highest BCUT2D eigenvalue weighted by Gasteiger charge is 2.10. The molecule has 0 atom stereocenters. The molecule has 0 unspecified atom stereocenters. The van der Waals surface area contributed by atoms with Gasteiger partial charge < -0.3 is 15.2 Å². The van der Waals surface area contributed by atoms with E-state index in [4.69, 9.17) is 20.5 Å². The molecule has 0 saturated carbocycles. The topological polar surface area (TPSA) is 68.3 Å². The average molecular weight is 280 g/mol. The van der Waals surface area contributed by atoms with Crippen LogP contribution in [0.25, 0.3) is 5.57 Å². The monoisotopic (exact) mass is 280 g/mol. The lowest BCUT2D eigenvalue weighted by atomic mass is 9.97. The summed E-state index contributed by atoms with van der Waals surface area (Å²) in [6.45, 7) is 0. The maximum Gasteiger partial charge on any atom is 0.161 e. The van der Waals surface area contributed by atoms with Crippen LogP contribution in [0.2, 0.25) is 0 Å². The summed E-state index contributed by atoms with van der Waals surface area (Å²) < 4.78 is 10.5. The molecule has 0 amide bonds. The van der Waals surface area contributed by atoms with Crippen molar-refractivity contribution < 1.29 is 9.47 Å². The zero-order valence-electron chi connectivity index (χ0n) is 12.0. The van der Waals surface area contributed by atoms with E-state index in [-0.39, 0.29) is 0 Å². The average Bonchev–Trinajstić information content (AvgIpc) is 2.52. The summed E-state index contributed by atoms with van der Waals surface area (Å²) in [6.07, 6.45) is 1.50. The predicted molar refractivity (Wildman–Crippen MR) is 83.1 cm³/mol. The van der Waals surface area contributed by atoms with Gasteiger partial charge in [-0.05, 0) is 41.0 Å². The molecule has 4 nitrogen and oxygen atoms in total. The van der Waals surface area contributed by atoms with Crippen LogP contribution in [0.4, 0.5) is 5.69 Å². The number of methoxy groups -OCH3 is 2. The van der Waals surface area contributed by atoms with Crippen LogP contribution in [0.3, 0.4) is 0 Å². The van der Waals surface area contributed by atoms with E-state index in [1.165, 1.54) is 6.08 Å². The minimum Gasteiger partial charge on any atom is -0.493 e. The number of hydrogen-bond donors (Lipinski definition) is 1. The Balaban J connectivity index is 2.55. The Labute approximate surface area is 124 Å². The summed E-state index contributed by atoms with van der Waals surface area (Å²) in [5.41, 5.74) is 8.99. The largest absolute Gasteiger partial charge is 0.493 e. The van der Waals surface area contributed by atoms with Crippen LogP contribution in [-0.4, -0.2) is 14.2 Å². The summed E-state index contributed by atoms with van der Waals surface area (Å²) >= 11 is 0. The van der Waals surface area contributed by atoms with Gasteiger partial charge in [-0.3, -0.25) is 0 Å². The van der Waals surface area contributed by atoms with Gasteiger partial charge in [-0.25, -0.2) is 0 Å². The molecule has 0 aliphatic rings. The molecule has 0 aliphatic heterocycles. The normalized spacial score (nSPS) is 10.8. The van der Waals surface area contributed by atoms with Gasteiger partial charge in [0.05, 0.1) is 20.3 Å². The Morgan fingerprint density at radius 3 is 2.38 bits per heavy atom. The molecule has 0 fully saturated rings. The molecule has 2 N–H and O–H groups in total. The molecular weight excluding hydrogens is 264 g/mol. The first-order chi connectivity index (χ1) is 10.2. The van der Waals surface area contributed by atoms with Crippen LogP contribution >= 0.6 is 0 Å². The molecule has 4 heteroatoms. The Morgan fingerprint density at radius 1 is 1.05 bits per heavy atom. The quantitative estimate of drug-likeness (QED) is 0.689. The van der Waals surface area contributed by atoms with Crippen molar-refractivity contribution in [1.82, 2.24) is 0 Å². The first kappa shape index (κ1) is 14.5. The number of nitrogens with zero attached hydrogens (tertiary/aromatic N) is 1. The fourth-order valence-electron chi connectivity index (χ4n) is 2.11. The van der Waals surface area contributed by atoms with Crippen molar-refractivity contribution in [3.8, 4) is 17.6 Å². The number of anilines is 1. The first-order valence-electron chi connectivity index (χ1n) is 6.37. The lowest BCUT2D eigenvalue weighted by molar-refractivity contribution is 0.355. The standard InChI is InChI=1S/C17H16N2O2/c1-20-16-7-6-13(11-17(16)21-2)15(8-9-18)12-4-3-5-14(19)10-12/h3-8,10-11H,19H2,1-2H3/b15-8+. The van der Waals surface area contributed by atoms with Gasteiger partial charge >= 0.3 is 0 Å². The number of benzene rings is 2. The third-order valence-corrected chi connectivity index (χ3v) is 3.10. The lowest BCUT2D eigenvalue weighted by Gasteiger charge is -2.12. The molecular formula is C17H16N2O2. The van der Waals surface area contributed by atoms with Crippen molar-refractivity contribution in [2.75, 3.05) is 20.0 Å². The highest BCUT2D eigenvalue weighted by molar-refractivity contribution is 5.83. The Morgan fingerprint density at radius 2 is 1.76 bits per heavy atom. The molecule has 0 heterocycles. The molecule has 2 aromatic rings. The number of hydrogen-bond acceptors (Lipinski definition) is 4. The van der Waals surface area contributed by atoms with E-state index in [0.717, 1.165) is 16.7 Å². The van der Waals surface area contributed by atoms with Crippen molar-refractivity contribution in [2.45, 2.75) is 0 Å². The van der Waals surface area contributed by atoms with Crippen LogP contribution in [0, 0.1) is 11.3 Å². The smallest absolute Gasteiger partial charge is 0.161 e. The Hall–Kier alpha value is -2.93. The molecule has 0 aromatic heterocycles. The maximum atomic E-state index is 9.04. The van der Waals surface area contributed by atoms with Crippen LogP contribution < -0.4 is 15.2 Å². The van der Waals surface area contributed by atoms with E-state index < -0.39 is 0 Å². The lowest BCUT2D eigenvalue weighted by Crippen LogP contribution is -1.94. The summed E-state index contributed by atoms with van der Waals surface area (Å²) in [5.74, 6) is 1.26. The van der Waals surface area contributed by atoms with Gasteiger partial charge in [-0.1, -0.05) is 18.2 Å². The van der Waals surface area contributed by atoms with Crippen LogP contribution in [0.15, 0.2) is 48.5 Å². The van der Waals surface area contributed by atoms with Crippen molar-refractivity contribution in [1.29, 1.82) is 5.26 Å². The first-order valence-corrected chi connectivity index (χ1v) is 6.37. The van der Waals surface area contributed by atoms with Crippen molar-refractivity contribution in [3.63, 3.8) is 0 Å². The fourth-order valence-corrected chi connectivity index (χ4v) is 2.11. The second-order valence-corrected chi connectivity index (χ2v) is 4.38. The van der Waals surface area contributed by atoms with E-state index in [0.29, 0.717) is 17.2 Å². The van der Waals surface area contributed by atoms with Crippen LogP contribution in [0.5, 0.6) is 11.5 Å². The number of nitrogens with two attached hydrogens (primary N) is 1. The second-order valence-electron chi connectivity index (χ2n) is 4.38. The van der Waals surface area contributed by atoms with E-state index in [9.17, 15) is 0 Å². The van der Waals surface area contributed by atoms with E-state index in [2.05, 4.69) is 6.07 Å². The number of nitrogen functional groups attached to an aromatic ring is 1. The predicted octanol–water partition coefficient (Wildman–Crippen LogP) is 3.24. The van der Waals surface area contributed by atoms with Gasteiger partial charge in [0, 0.05) is 11.8 Å². The van der Waals surface area contributed by atoms with Gasteiger partial charge in [-0.15, -0.1) is 0 Å². The number of ether oxygens (including phenoxy) is 2. The van der Waals surface area contributed by atoms with Crippen molar-refractivity contribution >= 4 is 11.3 Å². The summed E-state index contributed by atoms with van der Waals surface area (Å²) in [5, 5.41) is 9.04. The van der Waals surface area contributed by atoms with E-state index >= 15 is 0 Å². The van der Waals surface area contributed by atoms with Gasteiger partial charge in [0.25, 0.3) is 0 Å². The zero-order chi connectivity index (χ0) is 15.2. The Kier molecular flexibility index (Phi) is 4.47. The molecule has 0 spiro atoms.